The van der Waals surface area contributed by atoms with Crippen LogP contribution < -0.4 is 0 Å². The van der Waals surface area contributed by atoms with Gasteiger partial charge >= 0.3 is 0 Å². The molecule has 0 atom stereocenters. The first-order chi connectivity index (χ1) is 6.24. The Balaban J connectivity index is 0.000000671. The van der Waals surface area contributed by atoms with E-state index < -0.39 is 0 Å². The molecular formula is C10H15N3. The van der Waals surface area contributed by atoms with Crippen molar-refractivity contribution in [3.63, 3.8) is 0 Å². The number of hydrogen-bond acceptors (Lipinski definition) is 3. The summed E-state index contributed by atoms with van der Waals surface area (Å²) in [7, 11) is 0. The van der Waals surface area contributed by atoms with E-state index in [9.17, 15) is 0 Å². The molecule has 1 rings (SSSR count). The van der Waals surface area contributed by atoms with Crippen molar-refractivity contribution in [1.29, 1.82) is 5.26 Å². The van der Waals surface area contributed by atoms with Crippen LogP contribution in [-0.2, 0) is 0 Å². The van der Waals surface area contributed by atoms with Crippen molar-refractivity contribution in [3.8, 4) is 6.07 Å². The third kappa shape index (κ3) is 3.66. The van der Waals surface area contributed by atoms with E-state index in [2.05, 4.69) is 9.97 Å². The predicted octanol–water partition coefficient (Wildman–Crippen LogP) is 2.50. The van der Waals surface area contributed by atoms with Gasteiger partial charge in [0.25, 0.3) is 0 Å². The summed E-state index contributed by atoms with van der Waals surface area (Å²) in [6, 6.07) is 1.97. The molecule has 0 aromatic carbocycles. The molecule has 0 bridgehead atoms. The summed E-state index contributed by atoms with van der Waals surface area (Å²) in [6.45, 7) is 8.03. The Morgan fingerprint density at radius 3 is 2.00 bits per heavy atom. The third-order valence-corrected chi connectivity index (χ3v) is 1.32. The number of hydrogen-bond donors (Lipinski definition) is 0. The first-order valence-corrected chi connectivity index (χ1v) is 4.46. The maximum atomic E-state index is 8.44. The Morgan fingerprint density at radius 2 is 1.69 bits per heavy atom. The van der Waals surface area contributed by atoms with Crippen LogP contribution in [0.15, 0.2) is 12.4 Å². The van der Waals surface area contributed by atoms with Crippen LogP contribution in [0.25, 0.3) is 0 Å². The summed E-state index contributed by atoms with van der Waals surface area (Å²) in [5.41, 5.74) is 0.509. The van der Waals surface area contributed by atoms with Gasteiger partial charge in [0.15, 0.2) is 0 Å². The van der Waals surface area contributed by atoms with Crippen molar-refractivity contribution < 1.29 is 0 Å². The molecule has 70 valence electrons. The van der Waals surface area contributed by atoms with E-state index in [1.54, 1.807) is 12.4 Å². The Kier molecular flexibility index (Phi) is 5.45. The average Bonchev–Trinajstić information content (AvgIpc) is 2.21. The molecule has 0 aliphatic rings. The van der Waals surface area contributed by atoms with Crippen molar-refractivity contribution >= 4 is 0 Å². The number of nitriles is 1. The Morgan fingerprint density at radius 1 is 1.23 bits per heavy atom. The van der Waals surface area contributed by atoms with Crippen molar-refractivity contribution in [1.82, 2.24) is 9.97 Å². The quantitative estimate of drug-likeness (QED) is 0.662. The fraction of sp³-hybridized carbons (Fsp3) is 0.500. The predicted molar refractivity (Wildman–Crippen MR) is 52.2 cm³/mol. The van der Waals surface area contributed by atoms with Gasteiger partial charge in [-0.2, -0.15) is 5.26 Å². The van der Waals surface area contributed by atoms with Gasteiger partial charge in [0.2, 0.25) is 0 Å². The summed E-state index contributed by atoms with van der Waals surface area (Å²) in [5.74, 6) is 1.10. The highest BCUT2D eigenvalue weighted by atomic mass is 14.9. The van der Waals surface area contributed by atoms with Crippen LogP contribution in [0.1, 0.15) is 45.0 Å². The molecule has 0 aliphatic carbocycles. The second-order valence-electron chi connectivity index (χ2n) is 2.60. The van der Waals surface area contributed by atoms with Crippen molar-refractivity contribution in [2.75, 3.05) is 0 Å². The van der Waals surface area contributed by atoms with Gasteiger partial charge in [0, 0.05) is 18.3 Å². The summed E-state index contributed by atoms with van der Waals surface area (Å²) < 4.78 is 0. The number of rotatable bonds is 1. The first-order valence-electron chi connectivity index (χ1n) is 4.46. The highest BCUT2D eigenvalue weighted by molar-refractivity contribution is 5.21. The van der Waals surface area contributed by atoms with Crippen LogP contribution in [0.4, 0.5) is 0 Å². The molecule has 1 heterocycles. The molecule has 0 fully saturated rings. The molecule has 0 saturated carbocycles. The lowest BCUT2D eigenvalue weighted by Gasteiger charge is -2.00. The molecule has 0 radical (unpaired) electrons. The van der Waals surface area contributed by atoms with Crippen LogP contribution in [-0.4, -0.2) is 9.97 Å². The fourth-order valence-corrected chi connectivity index (χ4v) is 0.694. The van der Waals surface area contributed by atoms with Crippen LogP contribution in [0.2, 0.25) is 0 Å². The lowest BCUT2D eigenvalue weighted by Crippen LogP contribution is -1.96. The monoisotopic (exact) mass is 177 g/mol. The molecule has 0 unspecified atom stereocenters. The molecule has 1 aromatic rings. The maximum Gasteiger partial charge on any atom is 0.130 e. The zero-order valence-electron chi connectivity index (χ0n) is 8.57. The second-order valence-corrected chi connectivity index (χ2v) is 2.60. The number of nitrogens with zero attached hydrogens (tertiary/aromatic N) is 3. The van der Waals surface area contributed by atoms with Crippen molar-refractivity contribution in [2.24, 2.45) is 0 Å². The molecule has 0 spiro atoms. The van der Waals surface area contributed by atoms with E-state index in [1.165, 1.54) is 0 Å². The molecule has 0 amide bonds. The maximum absolute atomic E-state index is 8.44. The Bertz CT molecular complexity index is 269. The van der Waals surface area contributed by atoms with Crippen molar-refractivity contribution in [2.45, 2.75) is 33.6 Å². The van der Waals surface area contributed by atoms with E-state index in [0.717, 1.165) is 5.82 Å². The Hall–Kier alpha value is -1.43. The Labute approximate surface area is 79.5 Å². The van der Waals surface area contributed by atoms with Crippen LogP contribution in [0.3, 0.4) is 0 Å². The van der Waals surface area contributed by atoms with Gasteiger partial charge in [0.05, 0.1) is 5.56 Å². The highest BCUT2D eigenvalue weighted by Gasteiger charge is 2.00. The summed E-state index contributed by atoms with van der Waals surface area (Å²) in [4.78, 5) is 8.03. The normalized spacial score (nSPS) is 8.62. The molecule has 0 N–H and O–H groups in total. The standard InChI is InChI=1S/C8H9N3.C2H6/c1-6(2)8-10-4-7(3-9)5-11-8;1-2/h4-6H,1-2H3;1-2H3. The van der Waals surface area contributed by atoms with Gasteiger partial charge in [0.1, 0.15) is 11.9 Å². The molecule has 0 saturated heterocycles. The van der Waals surface area contributed by atoms with Gasteiger partial charge in [-0.1, -0.05) is 27.7 Å². The fourth-order valence-electron chi connectivity index (χ4n) is 0.694. The van der Waals surface area contributed by atoms with E-state index >= 15 is 0 Å². The molecule has 0 aliphatic heterocycles. The molecule has 3 heteroatoms. The summed E-state index contributed by atoms with van der Waals surface area (Å²) >= 11 is 0. The summed E-state index contributed by atoms with van der Waals surface area (Å²) in [6.07, 6.45) is 3.09. The minimum Gasteiger partial charge on any atom is -0.240 e. The highest BCUT2D eigenvalue weighted by Crippen LogP contribution is 2.06. The van der Waals surface area contributed by atoms with Crippen LogP contribution in [0.5, 0.6) is 0 Å². The van der Waals surface area contributed by atoms with E-state index in [4.69, 9.17) is 5.26 Å². The smallest absolute Gasteiger partial charge is 0.130 e. The second kappa shape index (κ2) is 6.13. The van der Waals surface area contributed by atoms with Gasteiger partial charge in [-0.3, -0.25) is 0 Å². The van der Waals surface area contributed by atoms with E-state index in [0.29, 0.717) is 11.5 Å². The third-order valence-electron chi connectivity index (χ3n) is 1.32. The van der Waals surface area contributed by atoms with Gasteiger partial charge in [-0.15, -0.1) is 0 Å². The van der Waals surface area contributed by atoms with Gasteiger partial charge < -0.3 is 0 Å². The molecule has 13 heavy (non-hydrogen) atoms. The lowest BCUT2D eigenvalue weighted by molar-refractivity contribution is 0.772. The van der Waals surface area contributed by atoms with Crippen LogP contribution >= 0.6 is 0 Å². The van der Waals surface area contributed by atoms with Crippen LogP contribution in [0, 0.1) is 11.3 Å². The topological polar surface area (TPSA) is 49.6 Å². The van der Waals surface area contributed by atoms with Crippen molar-refractivity contribution in [3.05, 3.63) is 23.8 Å². The molecule has 1 aromatic heterocycles. The zero-order valence-corrected chi connectivity index (χ0v) is 8.57. The van der Waals surface area contributed by atoms with Gasteiger partial charge in [-0.25, -0.2) is 9.97 Å². The lowest BCUT2D eigenvalue weighted by atomic mass is 10.2. The minimum absolute atomic E-state index is 0.322. The van der Waals surface area contributed by atoms with E-state index in [-0.39, 0.29) is 0 Å². The minimum atomic E-state index is 0.322. The molecular weight excluding hydrogens is 162 g/mol. The SMILES string of the molecule is CC.CC(C)c1ncc(C#N)cn1. The first kappa shape index (κ1) is 11.6. The zero-order chi connectivity index (χ0) is 10.3. The van der Waals surface area contributed by atoms with E-state index in [1.807, 2.05) is 33.8 Å². The molecule has 3 nitrogen and oxygen atoms in total. The summed E-state index contributed by atoms with van der Waals surface area (Å²) in [5, 5.41) is 8.44. The average molecular weight is 177 g/mol. The number of aromatic nitrogens is 2. The largest absolute Gasteiger partial charge is 0.240 e. The van der Waals surface area contributed by atoms with Gasteiger partial charge in [-0.05, 0) is 0 Å².